The van der Waals surface area contributed by atoms with Gasteiger partial charge in [-0.25, -0.2) is 4.79 Å². The molecule has 176 valence electrons. The molecule has 2 fully saturated rings. The second-order valence-corrected chi connectivity index (χ2v) is 10.6. The highest BCUT2D eigenvalue weighted by atomic mass is 19.3. The lowest BCUT2D eigenvalue weighted by atomic mass is 9.77. The smallest absolute Gasteiger partial charge is 0.410 e. The van der Waals surface area contributed by atoms with Crippen LogP contribution in [0.1, 0.15) is 45.6 Å². The summed E-state index contributed by atoms with van der Waals surface area (Å²) in [5.74, 6) is -2.85. The third-order valence-electron chi connectivity index (χ3n) is 6.84. The van der Waals surface area contributed by atoms with Crippen molar-refractivity contribution in [3.63, 3.8) is 0 Å². The van der Waals surface area contributed by atoms with Gasteiger partial charge in [-0.3, -0.25) is 4.90 Å². The summed E-state index contributed by atoms with van der Waals surface area (Å²) >= 11 is 0. The van der Waals surface area contributed by atoms with Crippen LogP contribution in [0.2, 0.25) is 0 Å². The molecule has 1 spiro atoms. The molecular weight excluding hydrogens is 412 g/mol. The molecular formula is C25H35F2N3O2. The van der Waals surface area contributed by atoms with Crippen molar-refractivity contribution in [2.45, 2.75) is 58.1 Å². The molecule has 0 saturated carbocycles. The van der Waals surface area contributed by atoms with E-state index >= 15 is 8.78 Å². The van der Waals surface area contributed by atoms with Crippen LogP contribution in [0.4, 0.5) is 13.6 Å². The van der Waals surface area contributed by atoms with Gasteiger partial charge in [0.25, 0.3) is 5.92 Å². The standard InChI is InChI=1S/C25H35F2N3O2/c1-23(2,3)32-22(31)30-16-12-24(18-30)10-14-29(15-11-24)21-9-13-28(19-25(21,26)27)17-20-7-5-4-6-8-20/h4-9H,10-19H2,1-3H3. The molecule has 1 amide bonds. The fourth-order valence-corrected chi connectivity index (χ4v) is 5.16. The maximum absolute atomic E-state index is 15.1. The zero-order valence-corrected chi connectivity index (χ0v) is 19.4. The fourth-order valence-electron chi connectivity index (χ4n) is 5.16. The van der Waals surface area contributed by atoms with Crippen LogP contribution >= 0.6 is 0 Å². The topological polar surface area (TPSA) is 36.0 Å². The first-order valence-corrected chi connectivity index (χ1v) is 11.6. The lowest BCUT2D eigenvalue weighted by Gasteiger charge is -2.44. The number of benzene rings is 1. The van der Waals surface area contributed by atoms with Gasteiger partial charge in [0.15, 0.2) is 0 Å². The molecule has 1 aromatic carbocycles. The Morgan fingerprint density at radius 2 is 1.69 bits per heavy atom. The van der Waals surface area contributed by atoms with E-state index < -0.39 is 11.5 Å². The van der Waals surface area contributed by atoms with Crippen LogP contribution in [0.3, 0.4) is 0 Å². The quantitative estimate of drug-likeness (QED) is 0.670. The van der Waals surface area contributed by atoms with Crippen molar-refractivity contribution in [3.8, 4) is 0 Å². The van der Waals surface area contributed by atoms with Crippen molar-refractivity contribution < 1.29 is 18.3 Å². The third kappa shape index (κ3) is 5.25. The Labute approximate surface area is 190 Å². The molecule has 3 heterocycles. The molecule has 0 aromatic heterocycles. The molecule has 0 aliphatic carbocycles. The monoisotopic (exact) mass is 447 g/mol. The highest BCUT2D eigenvalue weighted by Crippen LogP contribution is 2.43. The number of amides is 1. The number of nitrogens with zero attached hydrogens (tertiary/aromatic N) is 3. The minimum atomic E-state index is -2.85. The maximum atomic E-state index is 15.1. The summed E-state index contributed by atoms with van der Waals surface area (Å²) in [4.78, 5) is 17.9. The number of carbonyl (C=O) groups is 1. The Balaban J connectivity index is 1.33. The van der Waals surface area contributed by atoms with Crippen LogP contribution in [0.15, 0.2) is 42.1 Å². The molecule has 5 nitrogen and oxygen atoms in total. The molecule has 4 rings (SSSR count). The molecule has 1 aromatic rings. The van der Waals surface area contributed by atoms with E-state index in [9.17, 15) is 4.79 Å². The van der Waals surface area contributed by atoms with Crippen LogP contribution in [-0.2, 0) is 11.3 Å². The SMILES string of the molecule is CC(C)(C)OC(=O)N1CCC2(CCN(C3=CCN(Cc4ccccc4)CC3(F)F)CC2)C1. The van der Waals surface area contributed by atoms with Gasteiger partial charge in [-0.15, -0.1) is 0 Å². The Morgan fingerprint density at radius 3 is 2.31 bits per heavy atom. The van der Waals surface area contributed by atoms with Crippen LogP contribution in [0.25, 0.3) is 0 Å². The second-order valence-electron chi connectivity index (χ2n) is 10.6. The predicted octanol–water partition coefficient (Wildman–Crippen LogP) is 4.74. The molecule has 0 atom stereocenters. The van der Waals surface area contributed by atoms with Crippen molar-refractivity contribution in [2.24, 2.45) is 5.41 Å². The number of ether oxygens (including phenoxy) is 1. The number of piperidine rings is 1. The van der Waals surface area contributed by atoms with Crippen molar-refractivity contribution in [1.82, 2.24) is 14.7 Å². The summed E-state index contributed by atoms with van der Waals surface area (Å²) in [5, 5.41) is 0. The number of carbonyl (C=O) groups excluding carboxylic acids is 1. The molecule has 3 aliphatic heterocycles. The van der Waals surface area contributed by atoms with Crippen molar-refractivity contribution in [1.29, 1.82) is 0 Å². The van der Waals surface area contributed by atoms with Gasteiger partial charge in [-0.2, -0.15) is 8.78 Å². The van der Waals surface area contributed by atoms with Gasteiger partial charge in [0, 0.05) is 39.3 Å². The van der Waals surface area contributed by atoms with Crippen LogP contribution in [0.5, 0.6) is 0 Å². The van der Waals surface area contributed by atoms with E-state index in [0.717, 1.165) is 24.8 Å². The summed E-state index contributed by atoms with van der Waals surface area (Å²) in [5.41, 5.74) is 0.746. The Kier molecular flexibility index (Phi) is 6.23. The van der Waals surface area contributed by atoms with Crippen LogP contribution < -0.4 is 0 Å². The van der Waals surface area contributed by atoms with Crippen molar-refractivity contribution >= 4 is 6.09 Å². The van der Waals surface area contributed by atoms with E-state index in [0.29, 0.717) is 39.3 Å². The minimum Gasteiger partial charge on any atom is -0.444 e. The summed E-state index contributed by atoms with van der Waals surface area (Å²) in [6.45, 7) is 9.00. The molecule has 3 aliphatic rings. The third-order valence-corrected chi connectivity index (χ3v) is 6.84. The van der Waals surface area contributed by atoms with E-state index in [1.165, 1.54) is 0 Å². The first-order chi connectivity index (χ1) is 15.1. The van der Waals surface area contributed by atoms with E-state index in [1.807, 2.05) is 56.0 Å². The van der Waals surface area contributed by atoms with Gasteiger partial charge in [-0.05, 0) is 57.1 Å². The van der Waals surface area contributed by atoms with Crippen molar-refractivity contribution in [2.75, 3.05) is 39.3 Å². The summed E-state index contributed by atoms with van der Waals surface area (Å²) in [6.07, 6.45) is 4.02. The summed E-state index contributed by atoms with van der Waals surface area (Å²) in [7, 11) is 0. The fraction of sp³-hybridized carbons (Fsp3) is 0.640. The lowest BCUT2D eigenvalue weighted by Crippen LogP contribution is -2.50. The van der Waals surface area contributed by atoms with E-state index in [4.69, 9.17) is 4.74 Å². The first-order valence-electron chi connectivity index (χ1n) is 11.6. The number of halogens is 2. The normalized spacial score (nSPS) is 23.3. The predicted molar refractivity (Wildman–Crippen MR) is 120 cm³/mol. The molecule has 32 heavy (non-hydrogen) atoms. The van der Waals surface area contributed by atoms with Gasteiger partial charge in [0.1, 0.15) is 5.60 Å². The summed E-state index contributed by atoms with van der Waals surface area (Å²) < 4.78 is 35.7. The van der Waals surface area contributed by atoms with Gasteiger partial charge in [0.2, 0.25) is 0 Å². The van der Waals surface area contributed by atoms with E-state index in [-0.39, 0.29) is 23.8 Å². The van der Waals surface area contributed by atoms with E-state index in [1.54, 1.807) is 15.9 Å². The second kappa shape index (κ2) is 8.65. The Bertz CT molecular complexity index is 842. The number of hydrogen-bond donors (Lipinski definition) is 0. The molecule has 0 unspecified atom stereocenters. The minimum absolute atomic E-state index is 0.0251. The maximum Gasteiger partial charge on any atom is 0.410 e. The zero-order chi connectivity index (χ0) is 23.0. The van der Waals surface area contributed by atoms with Crippen LogP contribution in [0, 0.1) is 5.41 Å². The van der Waals surface area contributed by atoms with Gasteiger partial charge in [0.05, 0.1) is 12.2 Å². The van der Waals surface area contributed by atoms with Crippen LogP contribution in [-0.4, -0.2) is 71.6 Å². The van der Waals surface area contributed by atoms with Gasteiger partial charge < -0.3 is 14.5 Å². The molecule has 0 N–H and O–H groups in total. The highest BCUT2D eigenvalue weighted by molar-refractivity contribution is 5.68. The van der Waals surface area contributed by atoms with Gasteiger partial charge in [-0.1, -0.05) is 30.3 Å². The average Bonchev–Trinajstić information content (AvgIpc) is 3.12. The number of rotatable bonds is 3. The number of hydrogen-bond acceptors (Lipinski definition) is 4. The highest BCUT2D eigenvalue weighted by Gasteiger charge is 2.47. The number of alkyl halides is 2. The Morgan fingerprint density at radius 1 is 1.03 bits per heavy atom. The van der Waals surface area contributed by atoms with E-state index in [2.05, 4.69) is 0 Å². The largest absolute Gasteiger partial charge is 0.444 e. The molecule has 0 bridgehead atoms. The lowest BCUT2D eigenvalue weighted by molar-refractivity contribution is -0.0388. The number of likely N-dealkylation sites (tertiary alicyclic amines) is 2. The van der Waals surface area contributed by atoms with Gasteiger partial charge >= 0.3 is 6.09 Å². The summed E-state index contributed by atoms with van der Waals surface area (Å²) in [6, 6.07) is 9.77. The first kappa shape index (κ1) is 23.0. The zero-order valence-electron chi connectivity index (χ0n) is 19.4. The Hall–Kier alpha value is -2.15. The molecule has 7 heteroatoms. The molecule has 0 radical (unpaired) electrons. The molecule has 2 saturated heterocycles. The van der Waals surface area contributed by atoms with Crippen molar-refractivity contribution in [3.05, 3.63) is 47.7 Å². The average molecular weight is 448 g/mol.